The molecular formula is C29H45N5O6. The number of imide groups is 1. The molecule has 0 aromatic heterocycles. The number of nitrogens with one attached hydrogen (secondary N) is 1. The minimum absolute atomic E-state index is 0.140. The molecule has 0 radical (unpaired) electrons. The summed E-state index contributed by atoms with van der Waals surface area (Å²) in [5.74, 6) is -0.603. The summed E-state index contributed by atoms with van der Waals surface area (Å²) in [6.45, 7) is 15.1. The van der Waals surface area contributed by atoms with Crippen LogP contribution in [0.4, 0.5) is 9.59 Å². The maximum atomic E-state index is 13.1. The van der Waals surface area contributed by atoms with Crippen molar-refractivity contribution >= 4 is 24.0 Å². The molecule has 2 aliphatic rings. The van der Waals surface area contributed by atoms with Crippen molar-refractivity contribution in [3.05, 3.63) is 35.4 Å². The highest BCUT2D eigenvalue weighted by Gasteiger charge is 2.36. The lowest BCUT2D eigenvalue weighted by atomic mass is 10.1. The van der Waals surface area contributed by atoms with Crippen molar-refractivity contribution in [3.8, 4) is 0 Å². The van der Waals surface area contributed by atoms with Crippen molar-refractivity contribution in [1.82, 2.24) is 24.9 Å². The van der Waals surface area contributed by atoms with Crippen LogP contribution in [0.1, 0.15) is 75.1 Å². The first-order valence-electron chi connectivity index (χ1n) is 14.1. The van der Waals surface area contributed by atoms with E-state index < -0.39 is 17.3 Å². The zero-order chi connectivity index (χ0) is 29.5. The molecular weight excluding hydrogens is 514 g/mol. The van der Waals surface area contributed by atoms with Crippen LogP contribution >= 0.6 is 0 Å². The third kappa shape index (κ3) is 9.19. The van der Waals surface area contributed by atoms with Crippen molar-refractivity contribution in [2.45, 2.75) is 65.6 Å². The second-order valence-electron chi connectivity index (χ2n) is 12.2. The van der Waals surface area contributed by atoms with Crippen molar-refractivity contribution in [2.24, 2.45) is 0 Å². The van der Waals surface area contributed by atoms with Gasteiger partial charge >= 0.3 is 12.2 Å². The molecule has 2 heterocycles. The standard InChI is InChI=1S/C29H45N5O6/c1-28(2,3)39-26(37)32-16-10-17-33(27(38)40-29(4,5)6)20-19-31(15-9-13-30-14-18-32)21-34-24(35)22-11-7-8-12-23(22)25(34)36/h7-8,11-12,30H,9-10,13-21H2,1-6H3. The maximum absolute atomic E-state index is 13.1. The van der Waals surface area contributed by atoms with Crippen LogP contribution in [0.25, 0.3) is 0 Å². The van der Waals surface area contributed by atoms with E-state index in [1.54, 1.807) is 34.1 Å². The fourth-order valence-corrected chi connectivity index (χ4v) is 4.54. The van der Waals surface area contributed by atoms with Crippen LogP contribution < -0.4 is 5.32 Å². The first kappa shape index (κ1) is 31.3. The normalized spacial score (nSPS) is 18.8. The molecule has 1 aromatic carbocycles. The van der Waals surface area contributed by atoms with E-state index in [2.05, 4.69) is 5.32 Å². The number of fused-ring (bicyclic) bond motifs is 1. The van der Waals surface area contributed by atoms with Crippen LogP contribution in [0.2, 0.25) is 0 Å². The Bertz CT molecular complexity index is 1030. The number of hydrogen-bond donors (Lipinski definition) is 1. The fourth-order valence-electron chi connectivity index (χ4n) is 4.54. The maximum Gasteiger partial charge on any atom is 0.410 e. The Balaban J connectivity index is 1.72. The number of hydrogen-bond acceptors (Lipinski definition) is 8. The molecule has 3 rings (SSSR count). The topological polar surface area (TPSA) is 112 Å². The van der Waals surface area contributed by atoms with Gasteiger partial charge in [0.2, 0.25) is 0 Å². The number of nitrogens with zero attached hydrogens (tertiary/aromatic N) is 4. The van der Waals surface area contributed by atoms with Crippen molar-refractivity contribution in [2.75, 3.05) is 59.0 Å². The molecule has 0 atom stereocenters. The van der Waals surface area contributed by atoms with Gasteiger partial charge in [0.15, 0.2) is 0 Å². The highest BCUT2D eigenvalue weighted by molar-refractivity contribution is 6.21. The van der Waals surface area contributed by atoms with E-state index in [-0.39, 0.29) is 24.6 Å². The Kier molecular flexibility index (Phi) is 10.5. The van der Waals surface area contributed by atoms with Gasteiger partial charge < -0.3 is 24.6 Å². The summed E-state index contributed by atoms with van der Waals surface area (Å²) in [6.07, 6.45) is 0.474. The summed E-state index contributed by atoms with van der Waals surface area (Å²) in [5, 5.41) is 3.38. The largest absolute Gasteiger partial charge is 0.444 e. The third-order valence-electron chi connectivity index (χ3n) is 6.45. The van der Waals surface area contributed by atoms with E-state index in [1.807, 2.05) is 46.4 Å². The second-order valence-corrected chi connectivity index (χ2v) is 12.2. The Hall–Kier alpha value is -3.18. The molecule has 1 N–H and O–H groups in total. The molecule has 0 saturated carbocycles. The lowest BCUT2D eigenvalue weighted by Gasteiger charge is -2.32. The number of carbonyl (C=O) groups excluding carboxylic acids is 4. The highest BCUT2D eigenvalue weighted by Crippen LogP contribution is 2.23. The summed E-state index contributed by atoms with van der Waals surface area (Å²) in [7, 11) is 0. The molecule has 0 unspecified atom stereocenters. The van der Waals surface area contributed by atoms with Crippen molar-refractivity contribution < 1.29 is 28.7 Å². The molecule has 0 aliphatic carbocycles. The van der Waals surface area contributed by atoms with Crippen LogP contribution in [0.5, 0.6) is 0 Å². The molecule has 0 spiro atoms. The molecule has 1 aromatic rings. The van der Waals surface area contributed by atoms with Crippen LogP contribution in [0.3, 0.4) is 0 Å². The van der Waals surface area contributed by atoms with E-state index in [1.165, 1.54) is 4.90 Å². The molecule has 222 valence electrons. The predicted octanol–water partition coefficient (Wildman–Crippen LogP) is 3.40. The van der Waals surface area contributed by atoms with E-state index >= 15 is 0 Å². The Morgan fingerprint density at radius 2 is 1.25 bits per heavy atom. The number of ether oxygens (including phenoxy) is 2. The molecule has 2 aliphatic heterocycles. The monoisotopic (exact) mass is 559 g/mol. The van der Waals surface area contributed by atoms with Crippen LogP contribution in [-0.2, 0) is 9.47 Å². The fraction of sp³-hybridized carbons (Fsp3) is 0.655. The average molecular weight is 560 g/mol. The Labute approximate surface area is 237 Å². The summed E-state index contributed by atoms with van der Waals surface area (Å²) >= 11 is 0. The molecule has 11 heteroatoms. The first-order valence-corrected chi connectivity index (χ1v) is 14.1. The lowest BCUT2D eigenvalue weighted by Crippen LogP contribution is -2.48. The molecule has 40 heavy (non-hydrogen) atoms. The van der Waals surface area contributed by atoms with Crippen LogP contribution in [-0.4, -0.2) is 114 Å². The van der Waals surface area contributed by atoms with E-state index in [4.69, 9.17) is 9.47 Å². The van der Waals surface area contributed by atoms with E-state index in [9.17, 15) is 19.2 Å². The van der Waals surface area contributed by atoms with Crippen molar-refractivity contribution in [3.63, 3.8) is 0 Å². The Morgan fingerprint density at radius 3 is 1.77 bits per heavy atom. The van der Waals surface area contributed by atoms with E-state index in [0.29, 0.717) is 69.9 Å². The predicted molar refractivity (Wildman–Crippen MR) is 151 cm³/mol. The lowest BCUT2D eigenvalue weighted by molar-refractivity contribution is 0.0176. The molecule has 11 nitrogen and oxygen atoms in total. The number of rotatable bonds is 2. The quantitative estimate of drug-likeness (QED) is 0.549. The van der Waals surface area contributed by atoms with Crippen molar-refractivity contribution in [1.29, 1.82) is 0 Å². The summed E-state index contributed by atoms with van der Waals surface area (Å²) < 4.78 is 11.3. The minimum atomic E-state index is -0.662. The van der Waals surface area contributed by atoms with Gasteiger partial charge in [0.05, 0.1) is 17.8 Å². The number of amides is 4. The molecule has 0 bridgehead atoms. The second kappa shape index (κ2) is 13.5. The third-order valence-corrected chi connectivity index (χ3v) is 6.45. The zero-order valence-corrected chi connectivity index (χ0v) is 24.8. The summed E-state index contributed by atoms with van der Waals surface area (Å²) in [4.78, 5) is 58.5. The highest BCUT2D eigenvalue weighted by atomic mass is 16.6. The van der Waals surface area contributed by atoms with Gasteiger partial charge in [-0.05, 0) is 73.1 Å². The van der Waals surface area contributed by atoms with Gasteiger partial charge in [-0.1, -0.05) is 12.1 Å². The smallest absolute Gasteiger partial charge is 0.410 e. The Morgan fingerprint density at radius 1 is 0.725 bits per heavy atom. The summed E-state index contributed by atoms with van der Waals surface area (Å²) in [6, 6.07) is 6.85. The average Bonchev–Trinajstić information content (AvgIpc) is 3.08. The van der Waals surface area contributed by atoms with Gasteiger partial charge in [0.1, 0.15) is 11.2 Å². The van der Waals surface area contributed by atoms with E-state index in [0.717, 1.165) is 6.42 Å². The molecule has 1 saturated heterocycles. The van der Waals surface area contributed by atoms with Gasteiger partial charge in [-0.25, -0.2) is 9.59 Å². The van der Waals surface area contributed by atoms with Gasteiger partial charge in [0.25, 0.3) is 11.8 Å². The first-order chi connectivity index (χ1) is 18.7. The van der Waals surface area contributed by atoms with Gasteiger partial charge in [-0.2, -0.15) is 0 Å². The molecule has 1 fully saturated rings. The van der Waals surface area contributed by atoms with Gasteiger partial charge in [-0.3, -0.25) is 19.4 Å². The molecule has 4 amide bonds. The van der Waals surface area contributed by atoms with Crippen LogP contribution in [0, 0.1) is 0 Å². The zero-order valence-electron chi connectivity index (χ0n) is 24.8. The number of carbonyl (C=O) groups is 4. The van der Waals surface area contributed by atoms with Gasteiger partial charge in [0, 0.05) is 45.8 Å². The summed E-state index contributed by atoms with van der Waals surface area (Å²) in [5.41, 5.74) is -0.429. The van der Waals surface area contributed by atoms with Gasteiger partial charge in [-0.15, -0.1) is 0 Å². The SMILES string of the molecule is CC(C)(C)OC(=O)N1CCCN(C(=O)OC(C)(C)C)CCN(CN2C(=O)c3ccccc3C2=O)CCCNCC1. The number of benzene rings is 1. The van der Waals surface area contributed by atoms with Crippen LogP contribution in [0.15, 0.2) is 24.3 Å². The minimum Gasteiger partial charge on any atom is -0.444 e.